The smallest absolute Gasteiger partial charge is 0.272 e. The van der Waals surface area contributed by atoms with Gasteiger partial charge in [-0.2, -0.15) is 10.2 Å². The number of amides is 1. The zero-order chi connectivity index (χ0) is 16.7. The van der Waals surface area contributed by atoms with Crippen LogP contribution in [-0.4, -0.2) is 41.5 Å². The van der Waals surface area contributed by atoms with E-state index < -0.39 is 0 Å². The molecular formula is C16H18N6O2. The monoisotopic (exact) mass is 326 g/mol. The Hall–Kier alpha value is -2.74. The lowest BCUT2D eigenvalue weighted by molar-refractivity contribution is 0.0234. The van der Waals surface area contributed by atoms with E-state index in [-0.39, 0.29) is 24.0 Å². The minimum atomic E-state index is -0.288. The number of aliphatic hydroxyl groups excluding tert-OH is 1. The van der Waals surface area contributed by atoms with Crippen molar-refractivity contribution in [3.8, 4) is 0 Å². The van der Waals surface area contributed by atoms with Gasteiger partial charge >= 0.3 is 0 Å². The second-order valence-corrected chi connectivity index (χ2v) is 6.22. The third-order valence-corrected chi connectivity index (χ3v) is 4.50. The van der Waals surface area contributed by atoms with Gasteiger partial charge in [0.2, 0.25) is 0 Å². The normalized spacial score (nSPS) is 21.4. The molecule has 1 aliphatic rings. The van der Waals surface area contributed by atoms with Crippen LogP contribution in [0, 0.1) is 5.92 Å². The minimum absolute atomic E-state index is 0.191. The van der Waals surface area contributed by atoms with Crippen molar-refractivity contribution in [3.63, 3.8) is 0 Å². The molecule has 1 amide bonds. The highest BCUT2D eigenvalue weighted by Crippen LogP contribution is 2.38. The van der Waals surface area contributed by atoms with Gasteiger partial charge < -0.3 is 10.4 Å². The molecule has 3 heterocycles. The molecule has 8 nitrogen and oxygen atoms in total. The molecule has 24 heavy (non-hydrogen) atoms. The van der Waals surface area contributed by atoms with Crippen molar-refractivity contribution in [1.82, 2.24) is 29.7 Å². The van der Waals surface area contributed by atoms with Gasteiger partial charge in [0.05, 0.1) is 24.5 Å². The van der Waals surface area contributed by atoms with E-state index >= 15 is 0 Å². The van der Waals surface area contributed by atoms with Crippen molar-refractivity contribution in [3.05, 3.63) is 48.2 Å². The fourth-order valence-electron chi connectivity index (χ4n) is 3.18. The lowest BCUT2D eigenvalue weighted by Gasteiger charge is -2.37. The van der Waals surface area contributed by atoms with Crippen molar-refractivity contribution >= 4 is 11.6 Å². The van der Waals surface area contributed by atoms with Crippen molar-refractivity contribution in [2.75, 3.05) is 0 Å². The van der Waals surface area contributed by atoms with Crippen LogP contribution in [0.15, 0.2) is 36.9 Å². The van der Waals surface area contributed by atoms with Crippen molar-refractivity contribution in [2.45, 2.75) is 25.0 Å². The Morgan fingerprint density at radius 1 is 1.38 bits per heavy atom. The van der Waals surface area contributed by atoms with Gasteiger partial charge in [0, 0.05) is 25.0 Å². The van der Waals surface area contributed by atoms with Crippen molar-refractivity contribution in [1.29, 1.82) is 0 Å². The van der Waals surface area contributed by atoms with Crippen molar-refractivity contribution in [2.24, 2.45) is 13.0 Å². The van der Waals surface area contributed by atoms with E-state index in [9.17, 15) is 9.90 Å². The van der Waals surface area contributed by atoms with E-state index in [0.717, 1.165) is 5.56 Å². The van der Waals surface area contributed by atoms with Gasteiger partial charge in [-0.3, -0.25) is 9.48 Å². The number of aryl methyl sites for hydroxylation is 1. The van der Waals surface area contributed by atoms with E-state index in [1.807, 2.05) is 13.2 Å². The second kappa shape index (κ2) is 5.72. The van der Waals surface area contributed by atoms with Crippen LogP contribution in [0.5, 0.6) is 0 Å². The Balaban J connectivity index is 1.61. The van der Waals surface area contributed by atoms with Gasteiger partial charge in [-0.25, -0.2) is 9.50 Å². The number of aromatic nitrogens is 5. The molecule has 3 aromatic heterocycles. The molecular weight excluding hydrogens is 308 g/mol. The fraction of sp³-hybridized carbons (Fsp3) is 0.375. The van der Waals surface area contributed by atoms with Crippen LogP contribution in [-0.2, 0) is 7.05 Å². The second-order valence-electron chi connectivity index (χ2n) is 6.22. The Bertz CT molecular complexity index is 879. The van der Waals surface area contributed by atoms with Gasteiger partial charge in [-0.15, -0.1) is 0 Å². The molecule has 124 valence electrons. The van der Waals surface area contributed by atoms with Gasteiger partial charge in [-0.1, -0.05) is 0 Å². The highest BCUT2D eigenvalue weighted by Gasteiger charge is 2.36. The minimum Gasteiger partial charge on any atom is -0.393 e. The van der Waals surface area contributed by atoms with Crippen molar-refractivity contribution < 1.29 is 9.90 Å². The first-order chi connectivity index (χ1) is 11.6. The number of nitrogens with zero attached hydrogens (tertiary/aromatic N) is 5. The standard InChI is InChI=1S/C16H18N6O2/c1-21-9-11(7-19-21)15(10-5-12(23)6-10)20-16(24)13-8-17-14-3-2-4-18-22(13)14/h2-4,7-10,12,15,23H,5-6H2,1H3,(H,20,24). The van der Waals surface area contributed by atoms with E-state index in [0.29, 0.717) is 24.2 Å². The first-order valence-corrected chi connectivity index (χ1v) is 7.88. The third kappa shape index (κ3) is 2.54. The third-order valence-electron chi connectivity index (χ3n) is 4.50. The molecule has 0 saturated heterocycles. The summed E-state index contributed by atoms with van der Waals surface area (Å²) in [5.74, 6) is -0.0447. The number of carbonyl (C=O) groups excluding carboxylic acids is 1. The average Bonchev–Trinajstić information content (AvgIpc) is 3.16. The topological polar surface area (TPSA) is 97.3 Å². The van der Waals surface area contributed by atoms with E-state index in [1.165, 1.54) is 10.7 Å². The molecule has 0 aliphatic heterocycles. The maximum atomic E-state index is 12.7. The summed E-state index contributed by atoms with van der Waals surface area (Å²) in [6, 6.07) is 3.38. The molecule has 0 radical (unpaired) electrons. The predicted octanol–water partition coefficient (Wildman–Crippen LogP) is 0.705. The zero-order valence-corrected chi connectivity index (χ0v) is 13.2. The highest BCUT2D eigenvalue weighted by molar-refractivity contribution is 5.93. The Morgan fingerprint density at radius 2 is 2.21 bits per heavy atom. The maximum absolute atomic E-state index is 12.7. The van der Waals surface area contributed by atoms with Crippen LogP contribution in [0.4, 0.5) is 0 Å². The first kappa shape index (κ1) is 14.8. The van der Waals surface area contributed by atoms with Gasteiger partial charge in [0.25, 0.3) is 5.91 Å². The molecule has 1 saturated carbocycles. The van der Waals surface area contributed by atoms with E-state index in [2.05, 4.69) is 20.5 Å². The van der Waals surface area contributed by atoms with Gasteiger partial charge in [-0.05, 0) is 30.9 Å². The van der Waals surface area contributed by atoms with E-state index in [1.54, 1.807) is 29.2 Å². The summed E-state index contributed by atoms with van der Waals surface area (Å²) in [4.78, 5) is 16.9. The van der Waals surface area contributed by atoms with Crippen LogP contribution < -0.4 is 5.32 Å². The van der Waals surface area contributed by atoms with Gasteiger partial charge in [0.15, 0.2) is 5.65 Å². The lowest BCUT2D eigenvalue weighted by Crippen LogP contribution is -2.41. The van der Waals surface area contributed by atoms with Gasteiger partial charge in [0.1, 0.15) is 5.69 Å². The number of rotatable bonds is 4. The molecule has 0 bridgehead atoms. The van der Waals surface area contributed by atoms with Crippen LogP contribution in [0.3, 0.4) is 0 Å². The summed E-state index contributed by atoms with van der Waals surface area (Å²) in [5.41, 5.74) is 1.95. The van der Waals surface area contributed by atoms with Crippen LogP contribution >= 0.6 is 0 Å². The fourth-order valence-corrected chi connectivity index (χ4v) is 3.18. The molecule has 2 N–H and O–H groups in total. The predicted molar refractivity (Wildman–Crippen MR) is 85.1 cm³/mol. The Morgan fingerprint density at radius 3 is 2.92 bits per heavy atom. The Labute approximate surface area is 138 Å². The Kier molecular flexibility index (Phi) is 3.53. The number of hydrogen-bond donors (Lipinski definition) is 2. The number of nitrogens with one attached hydrogen (secondary N) is 1. The molecule has 8 heteroatoms. The first-order valence-electron chi connectivity index (χ1n) is 7.88. The molecule has 0 spiro atoms. The summed E-state index contributed by atoms with van der Waals surface area (Å²) < 4.78 is 3.23. The van der Waals surface area contributed by atoms with Crippen LogP contribution in [0.1, 0.15) is 34.9 Å². The molecule has 1 atom stereocenters. The molecule has 0 aromatic carbocycles. The van der Waals surface area contributed by atoms with Crippen LogP contribution in [0.2, 0.25) is 0 Å². The summed E-state index contributed by atoms with van der Waals surface area (Å²) in [5, 5.41) is 21.0. The molecule has 1 aliphatic carbocycles. The van der Waals surface area contributed by atoms with E-state index in [4.69, 9.17) is 0 Å². The molecule has 1 unspecified atom stereocenters. The largest absolute Gasteiger partial charge is 0.393 e. The highest BCUT2D eigenvalue weighted by atomic mass is 16.3. The maximum Gasteiger partial charge on any atom is 0.272 e. The summed E-state index contributed by atoms with van der Waals surface area (Å²) in [6.45, 7) is 0. The molecule has 4 rings (SSSR count). The number of carbonyl (C=O) groups is 1. The van der Waals surface area contributed by atoms with Crippen LogP contribution in [0.25, 0.3) is 5.65 Å². The number of hydrogen-bond acceptors (Lipinski definition) is 5. The quantitative estimate of drug-likeness (QED) is 0.736. The molecule has 1 fully saturated rings. The average molecular weight is 326 g/mol. The summed E-state index contributed by atoms with van der Waals surface area (Å²) in [7, 11) is 1.84. The SMILES string of the molecule is Cn1cc(C(NC(=O)c2cnc3cccnn23)C2CC(O)C2)cn1. The lowest BCUT2D eigenvalue weighted by atomic mass is 9.75. The summed E-state index contributed by atoms with van der Waals surface area (Å²) in [6.07, 6.45) is 7.84. The number of fused-ring (bicyclic) bond motifs is 1. The summed E-state index contributed by atoms with van der Waals surface area (Å²) >= 11 is 0. The number of imidazole rings is 1. The molecule has 3 aromatic rings. The number of aliphatic hydroxyl groups is 1. The zero-order valence-electron chi connectivity index (χ0n) is 13.2.